The monoisotopic (exact) mass is 460 g/mol. The van der Waals surface area contributed by atoms with Crippen molar-refractivity contribution in [1.29, 1.82) is 0 Å². The fourth-order valence-electron chi connectivity index (χ4n) is 4.03. The third-order valence-electron chi connectivity index (χ3n) is 6.03. The highest BCUT2D eigenvalue weighted by molar-refractivity contribution is 6.03. The number of pyridine rings is 3. The van der Waals surface area contributed by atoms with Gasteiger partial charge < -0.3 is 5.32 Å². The van der Waals surface area contributed by atoms with E-state index in [0.29, 0.717) is 17.3 Å². The minimum atomic E-state index is -0.279. The van der Waals surface area contributed by atoms with Crippen LogP contribution in [0.3, 0.4) is 0 Å². The van der Waals surface area contributed by atoms with Crippen LogP contribution in [0.5, 0.6) is 0 Å². The molecule has 1 aromatic carbocycles. The Hall–Kier alpha value is -4.72. The van der Waals surface area contributed by atoms with Crippen molar-refractivity contribution >= 4 is 11.6 Å². The lowest BCUT2D eigenvalue weighted by molar-refractivity contribution is -0.584. The highest BCUT2D eigenvalue weighted by atomic mass is 16.1. The van der Waals surface area contributed by atoms with Crippen LogP contribution in [0.2, 0.25) is 0 Å². The topological polar surface area (TPSA) is 100 Å². The maximum Gasteiger partial charge on any atom is 0.274 e. The zero-order valence-electron chi connectivity index (χ0n) is 18.8. The lowest BCUT2D eigenvalue weighted by atomic mass is 10.1. The molecule has 2 N–H and O–H groups in total. The van der Waals surface area contributed by atoms with Crippen LogP contribution in [0, 0.1) is 0 Å². The molecule has 0 unspecified atom stereocenters. The van der Waals surface area contributed by atoms with E-state index in [4.69, 9.17) is 0 Å². The predicted molar refractivity (Wildman–Crippen MR) is 131 cm³/mol. The van der Waals surface area contributed by atoms with Crippen molar-refractivity contribution in [3.8, 4) is 28.2 Å². The minimum absolute atomic E-state index is 0.279. The summed E-state index contributed by atoms with van der Waals surface area (Å²) in [5.74, 6) is 1.12. The van der Waals surface area contributed by atoms with Gasteiger partial charge in [-0.05, 0) is 66.9 Å². The first kappa shape index (κ1) is 20.9. The van der Waals surface area contributed by atoms with Crippen LogP contribution in [-0.4, -0.2) is 31.1 Å². The molecular weight excluding hydrogens is 438 g/mol. The summed E-state index contributed by atoms with van der Waals surface area (Å²) in [6.07, 6.45) is 11.1. The Kier molecular flexibility index (Phi) is 5.31. The van der Waals surface area contributed by atoms with E-state index >= 15 is 0 Å². The quantitative estimate of drug-likeness (QED) is 0.367. The van der Waals surface area contributed by atoms with E-state index in [9.17, 15) is 4.79 Å². The van der Waals surface area contributed by atoms with Crippen molar-refractivity contribution in [2.24, 2.45) is 0 Å². The molecule has 170 valence electrons. The molecule has 0 saturated heterocycles. The van der Waals surface area contributed by atoms with Crippen molar-refractivity contribution in [3.05, 3.63) is 103 Å². The number of nitrogens with zero attached hydrogens (tertiary/aromatic N) is 5. The number of carbonyl (C=O) groups is 1. The lowest BCUT2D eigenvalue weighted by Gasteiger charge is -2.08. The normalized spacial score (nSPS) is 12.9. The number of nitrogens with one attached hydrogen (secondary N) is 2. The number of benzene rings is 1. The number of aromatic nitrogens is 6. The van der Waals surface area contributed by atoms with Crippen LogP contribution in [0.1, 0.15) is 34.9 Å². The number of H-pyrrole nitrogens is 1. The number of anilines is 1. The Bertz CT molecular complexity index is 1490. The van der Waals surface area contributed by atoms with Crippen molar-refractivity contribution < 1.29 is 9.36 Å². The molecule has 1 aliphatic rings. The third-order valence-corrected chi connectivity index (χ3v) is 6.03. The molecule has 0 bridgehead atoms. The van der Waals surface area contributed by atoms with Gasteiger partial charge in [-0.15, -0.1) is 5.10 Å². The fourth-order valence-corrected chi connectivity index (χ4v) is 4.03. The highest BCUT2D eigenvalue weighted by Crippen LogP contribution is 2.39. The molecule has 0 spiro atoms. The van der Waals surface area contributed by atoms with Gasteiger partial charge in [-0.3, -0.25) is 19.7 Å². The summed E-state index contributed by atoms with van der Waals surface area (Å²) in [6.45, 7) is 0. The van der Waals surface area contributed by atoms with E-state index in [2.05, 4.69) is 42.6 Å². The summed E-state index contributed by atoms with van der Waals surface area (Å²) in [5.41, 5.74) is 5.82. The van der Waals surface area contributed by atoms with Crippen molar-refractivity contribution in [2.75, 3.05) is 5.32 Å². The molecule has 1 amide bonds. The Balaban J connectivity index is 1.22. The second-order valence-electron chi connectivity index (χ2n) is 8.49. The van der Waals surface area contributed by atoms with Crippen LogP contribution in [0.15, 0.2) is 91.8 Å². The molecule has 35 heavy (non-hydrogen) atoms. The smallest absolute Gasteiger partial charge is 0.274 e. The van der Waals surface area contributed by atoms with Gasteiger partial charge in [-0.1, -0.05) is 12.1 Å². The van der Waals surface area contributed by atoms with Crippen LogP contribution >= 0.6 is 0 Å². The second-order valence-corrected chi connectivity index (χ2v) is 8.49. The molecule has 6 rings (SSSR count). The minimum Gasteiger partial charge on any atom is -0.321 e. The summed E-state index contributed by atoms with van der Waals surface area (Å²) in [7, 11) is 0. The molecule has 4 heterocycles. The average Bonchev–Trinajstić information content (AvgIpc) is 3.65. The van der Waals surface area contributed by atoms with E-state index < -0.39 is 0 Å². The number of amides is 1. The molecule has 1 aliphatic carbocycles. The van der Waals surface area contributed by atoms with Gasteiger partial charge in [-0.25, -0.2) is 0 Å². The van der Waals surface area contributed by atoms with Gasteiger partial charge in [0.25, 0.3) is 18.1 Å². The van der Waals surface area contributed by atoms with E-state index in [1.165, 1.54) is 12.8 Å². The maximum atomic E-state index is 13.0. The maximum absolute atomic E-state index is 13.0. The molecule has 0 radical (unpaired) electrons. The van der Waals surface area contributed by atoms with E-state index in [-0.39, 0.29) is 5.91 Å². The van der Waals surface area contributed by atoms with E-state index in [1.807, 2.05) is 53.2 Å². The first-order chi connectivity index (χ1) is 17.2. The molecule has 5 aromatic rings. The molecule has 1 saturated carbocycles. The predicted octanol–water partition coefficient (Wildman–Crippen LogP) is 4.34. The van der Waals surface area contributed by atoms with Crippen molar-refractivity contribution in [2.45, 2.75) is 18.8 Å². The van der Waals surface area contributed by atoms with Gasteiger partial charge in [0, 0.05) is 52.7 Å². The Morgan fingerprint density at radius 3 is 2.60 bits per heavy atom. The zero-order chi connectivity index (χ0) is 23.6. The van der Waals surface area contributed by atoms with Gasteiger partial charge in [0.2, 0.25) is 0 Å². The second kappa shape index (κ2) is 8.90. The number of hydrogen-bond donors (Lipinski definition) is 2. The number of carbonyl (C=O) groups excluding carboxylic acids is 1. The first-order valence-corrected chi connectivity index (χ1v) is 11.4. The summed E-state index contributed by atoms with van der Waals surface area (Å²) >= 11 is 0. The van der Waals surface area contributed by atoms with E-state index in [1.54, 1.807) is 31.0 Å². The largest absolute Gasteiger partial charge is 0.321 e. The van der Waals surface area contributed by atoms with Crippen molar-refractivity contribution in [1.82, 2.24) is 25.1 Å². The summed E-state index contributed by atoms with van der Waals surface area (Å²) < 4.78 is 1.93. The van der Waals surface area contributed by atoms with Gasteiger partial charge in [0.1, 0.15) is 11.4 Å². The van der Waals surface area contributed by atoms with Gasteiger partial charge in [0.05, 0.1) is 5.56 Å². The first-order valence-electron chi connectivity index (χ1n) is 11.4. The fraction of sp³-hybridized carbons (Fsp3) is 0.111. The molecule has 8 heteroatoms. The summed E-state index contributed by atoms with van der Waals surface area (Å²) in [4.78, 5) is 26.0. The Morgan fingerprint density at radius 1 is 0.914 bits per heavy atom. The SMILES string of the molecule is O=C(Nc1cccc(-c2[nH]nc[n+]2-c2ccncc2)c1)c1cc(-c2ccc(C3CC3)nc2)ccn1. The van der Waals surface area contributed by atoms with Gasteiger partial charge in [-0.2, -0.15) is 4.57 Å². The molecule has 0 atom stereocenters. The van der Waals surface area contributed by atoms with Crippen molar-refractivity contribution in [3.63, 3.8) is 0 Å². The average molecular weight is 461 g/mol. The Labute approximate surface area is 201 Å². The van der Waals surface area contributed by atoms with Crippen LogP contribution in [0.25, 0.3) is 28.2 Å². The molecule has 8 nitrogen and oxygen atoms in total. The third kappa shape index (κ3) is 4.41. The lowest BCUT2D eigenvalue weighted by Crippen LogP contribution is -2.30. The number of hydrogen-bond acceptors (Lipinski definition) is 5. The Morgan fingerprint density at radius 2 is 1.80 bits per heavy atom. The van der Waals surface area contributed by atoms with E-state index in [0.717, 1.165) is 33.9 Å². The van der Waals surface area contributed by atoms with Crippen LogP contribution < -0.4 is 9.88 Å². The van der Waals surface area contributed by atoms with Gasteiger partial charge in [0.15, 0.2) is 0 Å². The highest BCUT2D eigenvalue weighted by Gasteiger charge is 2.24. The standard InChI is InChI=1S/C27H21N7O/c35-27(25-15-19(8-13-29-25)21-6-7-24(30-16-21)18-4-5-18)32-22-3-1-2-20(14-22)26-33-31-17-34(26)23-9-11-28-12-10-23/h1-3,6-18H,4-5H2,(H,32,35)/p+1. The van der Waals surface area contributed by atoms with Crippen LogP contribution in [0.4, 0.5) is 5.69 Å². The molecular formula is C27H22N7O+. The number of rotatable bonds is 6. The summed E-state index contributed by atoms with van der Waals surface area (Å²) in [5, 5.41) is 10.2. The number of aromatic amines is 1. The molecule has 1 fully saturated rings. The molecule has 0 aliphatic heterocycles. The summed E-state index contributed by atoms with van der Waals surface area (Å²) in [6, 6.07) is 19.2. The zero-order valence-corrected chi connectivity index (χ0v) is 18.8. The van der Waals surface area contributed by atoms with Crippen LogP contribution in [-0.2, 0) is 0 Å². The van der Waals surface area contributed by atoms with Gasteiger partial charge >= 0.3 is 0 Å². The molecule has 4 aromatic heterocycles.